The third-order valence-electron chi connectivity index (χ3n) is 9.56. The molecule has 2 aliphatic heterocycles. The van der Waals surface area contributed by atoms with Crippen molar-refractivity contribution in [1.82, 2.24) is 20.3 Å². The Morgan fingerprint density at radius 2 is 1.65 bits per heavy atom. The van der Waals surface area contributed by atoms with Crippen LogP contribution in [0.1, 0.15) is 87.6 Å². The van der Waals surface area contributed by atoms with Crippen LogP contribution in [0.3, 0.4) is 0 Å². The molecule has 1 saturated heterocycles. The Bertz CT molecular complexity index is 1940. The molecule has 3 aromatic heterocycles. The molecule has 0 aromatic carbocycles. The molecule has 6 rings (SSSR count). The third-order valence-corrected chi connectivity index (χ3v) is 9.56. The van der Waals surface area contributed by atoms with E-state index in [2.05, 4.69) is 46.8 Å². The summed E-state index contributed by atoms with van der Waals surface area (Å²) in [5.41, 5.74) is 10.1. The molecule has 1 aliphatic carbocycles. The van der Waals surface area contributed by atoms with Gasteiger partial charge in [-0.05, 0) is 74.1 Å². The van der Waals surface area contributed by atoms with Crippen molar-refractivity contribution in [2.24, 2.45) is 17.8 Å². The van der Waals surface area contributed by atoms with E-state index in [1.54, 1.807) is 0 Å². The largest absolute Gasteiger partial charge is 0.481 e. The summed E-state index contributed by atoms with van der Waals surface area (Å²) in [6.45, 7) is 14.1. The molecule has 6 N–H and O–H groups in total. The first-order valence-electron chi connectivity index (χ1n) is 14.7. The predicted molar refractivity (Wildman–Crippen MR) is 165 cm³/mol. The van der Waals surface area contributed by atoms with Gasteiger partial charge in [0, 0.05) is 74.1 Å². The fourth-order valence-electron chi connectivity index (χ4n) is 7.17. The van der Waals surface area contributed by atoms with Gasteiger partial charge in [-0.15, -0.1) is 0 Å². The highest BCUT2D eigenvalue weighted by Crippen LogP contribution is 2.48. The quantitative estimate of drug-likeness (QED) is 0.241. The molecule has 9 nitrogen and oxygen atoms in total. The van der Waals surface area contributed by atoms with E-state index in [9.17, 15) is 24.6 Å². The molecule has 0 radical (unpaired) electrons. The number of Topliss-reactive ketones (excluding diaryl/α,β-unsaturated/α-hetero) is 1. The number of aromatic nitrogens is 3. The van der Waals surface area contributed by atoms with E-state index in [4.69, 9.17) is 0 Å². The maximum atomic E-state index is 13.8. The van der Waals surface area contributed by atoms with Crippen LogP contribution in [0.5, 0.6) is 0 Å². The lowest BCUT2D eigenvalue weighted by molar-refractivity contribution is -0.139. The van der Waals surface area contributed by atoms with Crippen molar-refractivity contribution in [2.45, 2.75) is 53.9 Å². The zero-order chi connectivity index (χ0) is 30.9. The van der Waals surface area contributed by atoms with Gasteiger partial charge < -0.3 is 30.5 Å². The monoisotopic (exact) mass is 580 g/mol. The number of ketones is 1. The highest BCUT2D eigenvalue weighted by atomic mass is 16.4. The Balaban J connectivity index is 1.74. The number of hydrogen-bond donors (Lipinski definition) is 6. The lowest BCUT2D eigenvalue weighted by Gasteiger charge is -2.18. The molecule has 222 valence electrons. The summed E-state index contributed by atoms with van der Waals surface area (Å²) in [5.74, 6) is -4.49. The summed E-state index contributed by atoms with van der Waals surface area (Å²) in [5, 5.41) is 25.2. The lowest BCUT2D eigenvalue weighted by Crippen LogP contribution is -2.24. The minimum absolute atomic E-state index is 0.0859. The fourth-order valence-corrected chi connectivity index (χ4v) is 7.17. The number of carbonyl (C=O) groups is 3. The second-order valence-electron chi connectivity index (χ2n) is 11.8. The number of aliphatic carboxylic acids is 2. The number of fused-ring (bicyclic) bond motifs is 7. The molecule has 8 bridgehead atoms. The zero-order valence-electron chi connectivity index (χ0n) is 25.0. The first kappa shape index (κ1) is 28.3. The Morgan fingerprint density at radius 3 is 2.30 bits per heavy atom. The first-order chi connectivity index (χ1) is 20.5. The Labute approximate surface area is 248 Å². The number of hydrogen-bond acceptors (Lipinski definition) is 4. The molecule has 1 fully saturated rings. The summed E-state index contributed by atoms with van der Waals surface area (Å²) in [6.07, 6.45) is 8.92. The SMILES string of the molecule is C=Cc1c2[nH]c(c1C)/C=C1\N/C(=C3\c4[nH]c(c(C)c4C(=O)[C@@H]3C(=O)O)/C=c3\[nH]/c(c(C)c3CC)=C\2)[C@@H](CCC(=O)O)[C@@H]1C. The van der Waals surface area contributed by atoms with Crippen molar-refractivity contribution in [3.8, 4) is 0 Å². The zero-order valence-corrected chi connectivity index (χ0v) is 25.0. The highest BCUT2D eigenvalue weighted by Gasteiger charge is 2.48. The average Bonchev–Trinajstić information content (AvgIpc) is 3.68. The fraction of sp³-hybridized carbons (Fsp3) is 0.324. The molecule has 3 atom stereocenters. The minimum atomic E-state index is -1.39. The second kappa shape index (κ2) is 10.2. The van der Waals surface area contributed by atoms with Gasteiger partial charge in [-0.25, -0.2) is 0 Å². The van der Waals surface area contributed by atoms with E-state index in [0.717, 1.165) is 62.2 Å². The van der Waals surface area contributed by atoms with Crippen molar-refractivity contribution >= 4 is 47.6 Å². The number of carboxylic acids is 2. The number of carboxylic acid groups (broad SMARTS) is 2. The van der Waals surface area contributed by atoms with Crippen LogP contribution in [-0.4, -0.2) is 42.9 Å². The van der Waals surface area contributed by atoms with Gasteiger partial charge in [0.1, 0.15) is 5.92 Å². The Hall–Kier alpha value is -4.79. The molecule has 3 aliphatic rings. The standard InChI is InChI=1S/C34H36N4O5/c1-7-18-14(3)21-11-23-16(5)20(9-10-27(39)40)31(37-23)29-30(34(42)43)33(41)28-17(6)24(38-32(28)29)13-26-19(8-2)15(4)22(36-26)12-25(18)35-21/h7,11-13,16,20,30,35-38H,1,8-10H2,2-6H3,(H,39,40)(H,42,43)/b22-12-,23-11-,26-13-,31-29-/t16-,20-,30+/m0/s1. The molecule has 0 unspecified atom stereocenters. The van der Waals surface area contributed by atoms with Gasteiger partial charge in [0.2, 0.25) is 0 Å². The van der Waals surface area contributed by atoms with Crippen LogP contribution < -0.4 is 16.0 Å². The molecule has 0 saturated carbocycles. The van der Waals surface area contributed by atoms with Crippen molar-refractivity contribution in [1.29, 1.82) is 0 Å². The molecule has 0 amide bonds. The van der Waals surface area contributed by atoms with Gasteiger partial charge >= 0.3 is 11.9 Å². The molecule has 0 spiro atoms. The van der Waals surface area contributed by atoms with Crippen LogP contribution >= 0.6 is 0 Å². The van der Waals surface area contributed by atoms with Gasteiger partial charge in [0.05, 0.1) is 5.69 Å². The molecule has 43 heavy (non-hydrogen) atoms. The molecule has 9 heteroatoms. The lowest BCUT2D eigenvalue weighted by atomic mass is 9.85. The number of carbonyl (C=O) groups excluding carboxylic acids is 1. The number of allylic oxidation sites excluding steroid dienone is 2. The Morgan fingerprint density at radius 1 is 0.953 bits per heavy atom. The first-order valence-corrected chi connectivity index (χ1v) is 14.7. The molecular weight excluding hydrogens is 544 g/mol. The normalized spacial score (nSPS) is 24.9. The predicted octanol–water partition coefficient (Wildman–Crippen LogP) is 4.14. The van der Waals surface area contributed by atoms with Gasteiger partial charge in [-0.1, -0.05) is 26.5 Å². The Kier molecular flexibility index (Phi) is 6.71. The smallest absolute Gasteiger partial charge is 0.319 e. The van der Waals surface area contributed by atoms with Crippen LogP contribution in [0.4, 0.5) is 0 Å². The van der Waals surface area contributed by atoms with Gasteiger partial charge in [-0.3, -0.25) is 14.4 Å². The van der Waals surface area contributed by atoms with Gasteiger partial charge in [-0.2, -0.15) is 0 Å². The summed E-state index contributed by atoms with van der Waals surface area (Å²) in [7, 11) is 0. The van der Waals surface area contributed by atoms with E-state index in [-0.39, 0.29) is 18.3 Å². The van der Waals surface area contributed by atoms with Gasteiger partial charge in [0.15, 0.2) is 5.78 Å². The van der Waals surface area contributed by atoms with E-state index < -0.39 is 23.6 Å². The van der Waals surface area contributed by atoms with Crippen molar-refractivity contribution in [3.05, 3.63) is 84.8 Å². The molecular formula is C34H36N4O5. The number of rotatable bonds is 6. The average molecular weight is 581 g/mol. The maximum absolute atomic E-state index is 13.8. The van der Waals surface area contributed by atoms with Crippen molar-refractivity contribution in [2.75, 3.05) is 0 Å². The second-order valence-corrected chi connectivity index (χ2v) is 11.8. The van der Waals surface area contributed by atoms with Crippen molar-refractivity contribution < 1.29 is 24.6 Å². The number of nitrogens with one attached hydrogen (secondary N) is 4. The van der Waals surface area contributed by atoms with E-state index in [1.165, 1.54) is 0 Å². The number of aromatic amines is 3. The van der Waals surface area contributed by atoms with Crippen LogP contribution in [0.2, 0.25) is 0 Å². The highest BCUT2D eigenvalue weighted by molar-refractivity contribution is 6.24. The van der Waals surface area contributed by atoms with E-state index >= 15 is 0 Å². The number of H-pyrrole nitrogens is 3. The molecule has 3 aromatic rings. The summed E-state index contributed by atoms with van der Waals surface area (Å²) >= 11 is 0. The molecule has 5 heterocycles. The van der Waals surface area contributed by atoms with E-state index in [0.29, 0.717) is 34.5 Å². The van der Waals surface area contributed by atoms with E-state index in [1.807, 2.05) is 39.0 Å². The maximum Gasteiger partial charge on any atom is 0.319 e. The minimum Gasteiger partial charge on any atom is -0.481 e. The van der Waals surface area contributed by atoms with Crippen LogP contribution in [-0.2, 0) is 16.0 Å². The van der Waals surface area contributed by atoms with Crippen molar-refractivity contribution in [3.63, 3.8) is 0 Å². The van der Waals surface area contributed by atoms with Crippen LogP contribution in [0.15, 0.2) is 18.0 Å². The summed E-state index contributed by atoms with van der Waals surface area (Å²) in [4.78, 5) is 48.6. The third kappa shape index (κ3) is 4.25. The van der Waals surface area contributed by atoms with Gasteiger partial charge in [0.25, 0.3) is 0 Å². The summed E-state index contributed by atoms with van der Waals surface area (Å²) < 4.78 is 0. The van der Waals surface area contributed by atoms with Crippen LogP contribution in [0.25, 0.3) is 29.9 Å². The van der Waals surface area contributed by atoms with Crippen LogP contribution in [0, 0.1) is 38.5 Å². The summed E-state index contributed by atoms with van der Waals surface area (Å²) in [6, 6.07) is 0. The topological polar surface area (TPSA) is 151 Å².